The lowest BCUT2D eigenvalue weighted by molar-refractivity contribution is 0.171. The third-order valence-electron chi connectivity index (χ3n) is 4.23. The van der Waals surface area contributed by atoms with Crippen LogP contribution in [0, 0.1) is 0 Å². The highest BCUT2D eigenvalue weighted by Gasteiger charge is 2.23. The van der Waals surface area contributed by atoms with E-state index in [1.54, 1.807) is 0 Å². The summed E-state index contributed by atoms with van der Waals surface area (Å²) in [4.78, 5) is 10.9. The monoisotopic (exact) mass is 327 g/mol. The second-order valence-corrected chi connectivity index (χ2v) is 5.75. The van der Waals surface area contributed by atoms with Crippen LogP contribution in [0.2, 0.25) is 0 Å². The molecule has 124 valence electrons. The SMILES string of the molecule is O=C(O)NC1CCOc2cc(-c3ccc4c(c3)OCCO4)ccc21. The maximum absolute atomic E-state index is 10.9. The number of hydrogen-bond acceptors (Lipinski definition) is 4. The molecule has 0 fully saturated rings. The minimum atomic E-state index is -1.02. The molecule has 2 aliphatic heterocycles. The first-order valence-corrected chi connectivity index (χ1v) is 7.87. The van der Waals surface area contributed by atoms with Crippen LogP contribution in [0.4, 0.5) is 4.79 Å². The van der Waals surface area contributed by atoms with E-state index in [0.717, 1.165) is 28.2 Å². The van der Waals surface area contributed by atoms with E-state index in [-0.39, 0.29) is 6.04 Å². The van der Waals surface area contributed by atoms with Gasteiger partial charge in [0.15, 0.2) is 11.5 Å². The van der Waals surface area contributed by atoms with Gasteiger partial charge in [0, 0.05) is 12.0 Å². The standard InChI is InChI=1S/C18H17NO5/c20-18(21)19-14-5-6-22-16-9-11(1-3-13(14)16)12-2-4-15-17(10-12)24-8-7-23-15/h1-4,9-10,14,19H,5-8H2,(H,20,21). The zero-order chi connectivity index (χ0) is 16.5. The van der Waals surface area contributed by atoms with Crippen molar-refractivity contribution in [3.8, 4) is 28.4 Å². The number of amides is 1. The van der Waals surface area contributed by atoms with Crippen molar-refractivity contribution in [1.29, 1.82) is 0 Å². The molecule has 2 N–H and O–H groups in total. The molecule has 2 aliphatic rings. The number of nitrogens with one attached hydrogen (secondary N) is 1. The van der Waals surface area contributed by atoms with Crippen LogP contribution in [0.25, 0.3) is 11.1 Å². The van der Waals surface area contributed by atoms with Gasteiger partial charge in [-0.05, 0) is 29.3 Å². The molecule has 4 rings (SSSR count). The van der Waals surface area contributed by atoms with Gasteiger partial charge in [0.25, 0.3) is 0 Å². The molecule has 6 heteroatoms. The second kappa shape index (κ2) is 5.96. The Morgan fingerprint density at radius 1 is 0.917 bits per heavy atom. The van der Waals surface area contributed by atoms with E-state index in [2.05, 4.69) is 5.32 Å². The van der Waals surface area contributed by atoms with E-state index in [9.17, 15) is 4.79 Å². The normalized spacial score (nSPS) is 18.2. The first kappa shape index (κ1) is 14.7. The smallest absolute Gasteiger partial charge is 0.405 e. The highest BCUT2D eigenvalue weighted by molar-refractivity contribution is 5.70. The maximum Gasteiger partial charge on any atom is 0.405 e. The molecule has 2 heterocycles. The van der Waals surface area contributed by atoms with Crippen LogP contribution in [0.15, 0.2) is 36.4 Å². The molecule has 0 spiro atoms. The molecule has 2 aromatic rings. The van der Waals surface area contributed by atoms with Crippen molar-refractivity contribution >= 4 is 6.09 Å². The minimum absolute atomic E-state index is 0.236. The molecule has 0 bridgehead atoms. The maximum atomic E-state index is 10.9. The van der Waals surface area contributed by atoms with Crippen molar-refractivity contribution in [2.45, 2.75) is 12.5 Å². The summed E-state index contributed by atoms with van der Waals surface area (Å²) in [7, 11) is 0. The number of benzene rings is 2. The highest BCUT2D eigenvalue weighted by Crippen LogP contribution is 2.38. The number of fused-ring (bicyclic) bond motifs is 2. The van der Waals surface area contributed by atoms with Crippen molar-refractivity contribution in [3.05, 3.63) is 42.0 Å². The summed E-state index contributed by atoms with van der Waals surface area (Å²) in [6.07, 6.45) is -0.397. The minimum Gasteiger partial charge on any atom is -0.493 e. The Morgan fingerprint density at radius 2 is 1.58 bits per heavy atom. The van der Waals surface area contributed by atoms with Gasteiger partial charge in [0.2, 0.25) is 0 Å². The van der Waals surface area contributed by atoms with Crippen molar-refractivity contribution in [2.75, 3.05) is 19.8 Å². The molecule has 2 aromatic carbocycles. The van der Waals surface area contributed by atoms with Crippen molar-refractivity contribution < 1.29 is 24.1 Å². The summed E-state index contributed by atoms with van der Waals surface area (Å²) >= 11 is 0. The number of hydrogen-bond donors (Lipinski definition) is 2. The predicted molar refractivity (Wildman–Crippen MR) is 86.9 cm³/mol. The molecular weight excluding hydrogens is 310 g/mol. The van der Waals surface area contributed by atoms with Crippen LogP contribution in [-0.4, -0.2) is 31.0 Å². The quantitative estimate of drug-likeness (QED) is 0.885. The average Bonchev–Trinajstić information content (AvgIpc) is 2.60. The summed E-state index contributed by atoms with van der Waals surface area (Å²) < 4.78 is 16.9. The fourth-order valence-electron chi connectivity index (χ4n) is 3.09. The molecular formula is C18H17NO5. The van der Waals surface area contributed by atoms with E-state index < -0.39 is 6.09 Å². The molecule has 0 aliphatic carbocycles. The Kier molecular flexibility index (Phi) is 3.65. The molecule has 1 unspecified atom stereocenters. The van der Waals surface area contributed by atoms with Crippen LogP contribution in [0.3, 0.4) is 0 Å². The van der Waals surface area contributed by atoms with E-state index in [4.69, 9.17) is 19.3 Å². The molecule has 0 saturated carbocycles. The van der Waals surface area contributed by atoms with Crippen LogP contribution in [0.5, 0.6) is 17.2 Å². The van der Waals surface area contributed by atoms with E-state index in [1.807, 2.05) is 36.4 Å². The van der Waals surface area contributed by atoms with Crippen LogP contribution in [0.1, 0.15) is 18.0 Å². The lowest BCUT2D eigenvalue weighted by Gasteiger charge is -2.26. The van der Waals surface area contributed by atoms with Crippen LogP contribution < -0.4 is 19.5 Å². The van der Waals surface area contributed by atoms with Gasteiger partial charge < -0.3 is 24.6 Å². The number of ether oxygens (including phenoxy) is 3. The summed E-state index contributed by atoms with van der Waals surface area (Å²) in [6.45, 7) is 1.60. The van der Waals surface area contributed by atoms with Crippen LogP contribution in [-0.2, 0) is 0 Å². The van der Waals surface area contributed by atoms with Gasteiger partial charge in [-0.25, -0.2) is 4.79 Å². The third-order valence-corrected chi connectivity index (χ3v) is 4.23. The lowest BCUT2D eigenvalue weighted by atomic mass is 9.96. The third kappa shape index (κ3) is 2.71. The van der Waals surface area contributed by atoms with Gasteiger partial charge in [-0.3, -0.25) is 0 Å². The zero-order valence-electron chi connectivity index (χ0n) is 13.0. The van der Waals surface area contributed by atoms with Crippen LogP contribution >= 0.6 is 0 Å². The number of carboxylic acid groups (broad SMARTS) is 1. The molecule has 1 amide bonds. The molecule has 24 heavy (non-hydrogen) atoms. The molecule has 0 saturated heterocycles. The van der Waals surface area contributed by atoms with Gasteiger partial charge >= 0.3 is 6.09 Å². The number of carbonyl (C=O) groups is 1. The van der Waals surface area contributed by atoms with Crippen molar-refractivity contribution in [1.82, 2.24) is 5.32 Å². The number of rotatable bonds is 2. The van der Waals surface area contributed by atoms with E-state index in [1.165, 1.54) is 0 Å². The predicted octanol–water partition coefficient (Wildman–Crippen LogP) is 3.22. The lowest BCUT2D eigenvalue weighted by Crippen LogP contribution is -2.30. The summed E-state index contributed by atoms with van der Waals surface area (Å²) in [5.74, 6) is 2.21. The Balaban J connectivity index is 1.67. The van der Waals surface area contributed by atoms with Gasteiger partial charge in [-0.15, -0.1) is 0 Å². The summed E-state index contributed by atoms with van der Waals surface area (Å²) in [5.41, 5.74) is 2.85. The van der Waals surface area contributed by atoms with Gasteiger partial charge in [-0.1, -0.05) is 18.2 Å². The van der Waals surface area contributed by atoms with Gasteiger partial charge in [0.1, 0.15) is 19.0 Å². The Bertz CT molecular complexity index is 789. The first-order valence-electron chi connectivity index (χ1n) is 7.87. The Hall–Kier alpha value is -2.89. The fourth-order valence-corrected chi connectivity index (χ4v) is 3.09. The second-order valence-electron chi connectivity index (χ2n) is 5.75. The zero-order valence-corrected chi connectivity index (χ0v) is 13.0. The topological polar surface area (TPSA) is 77.0 Å². The molecule has 6 nitrogen and oxygen atoms in total. The molecule has 1 atom stereocenters. The Labute approximate surface area is 139 Å². The van der Waals surface area contributed by atoms with Gasteiger partial charge in [0.05, 0.1) is 12.6 Å². The Morgan fingerprint density at radius 3 is 2.38 bits per heavy atom. The largest absolute Gasteiger partial charge is 0.493 e. The van der Waals surface area contributed by atoms with E-state index >= 15 is 0 Å². The summed E-state index contributed by atoms with van der Waals surface area (Å²) in [5, 5.41) is 11.5. The molecule has 0 radical (unpaired) electrons. The van der Waals surface area contributed by atoms with Crippen molar-refractivity contribution in [3.63, 3.8) is 0 Å². The molecule has 0 aromatic heterocycles. The summed E-state index contributed by atoms with van der Waals surface area (Å²) in [6, 6.07) is 11.4. The fraction of sp³-hybridized carbons (Fsp3) is 0.278. The van der Waals surface area contributed by atoms with Gasteiger partial charge in [-0.2, -0.15) is 0 Å². The van der Waals surface area contributed by atoms with E-state index in [0.29, 0.717) is 32.0 Å². The average molecular weight is 327 g/mol. The first-order chi connectivity index (χ1) is 11.7. The van der Waals surface area contributed by atoms with Crippen molar-refractivity contribution in [2.24, 2.45) is 0 Å². The highest BCUT2D eigenvalue weighted by atomic mass is 16.6.